The van der Waals surface area contributed by atoms with E-state index in [1.807, 2.05) is 16.9 Å². The second kappa shape index (κ2) is 5.50. The van der Waals surface area contributed by atoms with Crippen LogP contribution in [0.25, 0.3) is 0 Å². The third kappa shape index (κ3) is 2.80. The zero-order valence-corrected chi connectivity index (χ0v) is 13.4. The monoisotopic (exact) mass is 292 g/mol. The van der Waals surface area contributed by atoms with Crippen LogP contribution < -0.4 is 5.32 Å². The first-order valence-corrected chi connectivity index (χ1v) is 7.43. The third-order valence-electron chi connectivity index (χ3n) is 4.24. The predicted octanol–water partition coefficient (Wildman–Crippen LogP) is 1.48. The summed E-state index contributed by atoms with van der Waals surface area (Å²) in [5.74, 6) is -0.200. The highest BCUT2D eigenvalue weighted by molar-refractivity contribution is 5.99. The van der Waals surface area contributed by atoms with E-state index >= 15 is 0 Å². The van der Waals surface area contributed by atoms with E-state index in [1.54, 1.807) is 25.7 Å². The average Bonchev–Trinajstić information content (AvgIpc) is 2.90. The summed E-state index contributed by atoms with van der Waals surface area (Å²) in [5, 5.41) is 7.23. The SMILES string of the molecule is CCC(C)n1ccc(CN2C(=O)C(C)NC(=O)C2(C)C)n1. The number of nitrogens with zero attached hydrogens (tertiary/aromatic N) is 3. The fraction of sp³-hybridized carbons (Fsp3) is 0.667. The number of rotatable bonds is 4. The van der Waals surface area contributed by atoms with Crippen LogP contribution in [-0.2, 0) is 16.1 Å². The summed E-state index contributed by atoms with van der Waals surface area (Å²) in [4.78, 5) is 26.1. The Morgan fingerprint density at radius 2 is 2.10 bits per heavy atom. The lowest BCUT2D eigenvalue weighted by Gasteiger charge is -2.43. The molecule has 1 aliphatic heterocycles. The molecule has 116 valence electrons. The van der Waals surface area contributed by atoms with Gasteiger partial charge in [-0.1, -0.05) is 6.92 Å². The number of amides is 2. The van der Waals surface area contributed by atoms with Crippen LogP contribution in [0.1, 0.15) is 52.8 Å². The van der Waals surface area contributed by atoms with Crippen LogP contribution in [0, 0.1) is 0 Å². The highest BCUT2D eigenvalue weighted by Gasteiger charge is 2.44. The molecule has 2 rings (SSSR count). The van der Waals surface area contributed by atoms with Gasteiger partial charge in [0.15, 0.2) is 0 Å². The van der Waals surface area contributed by atoms with E-state index in [4.69, 9.17) is 0 Å². The number of aromatic nitrogens is 2. The zero-order valence-electron chi connectivity index (χ0n) is 13.4. The largest absolute Gasteiger partial charge is 0.343 e. The molecular weight excluding hydrogens is 268 g/mol. The Morgan fingerprint density at radius 1 is 1.43 bits per heavy atom. The summed E-state index contributed by atoms with van der Waals surface area (Å²) in [6, 6.07) is 1.75. The minimum Gasteiger partial charge on any atom is -0.343 e. The van der Waals surface area contributed by atoms with Gasteiger partial charge in [0.1, 0.15) is 11.6 Å². The van der Waals surface area contributed by atoms with Gasteiger partial charge < -0.3 is 10.2 Å². The molecule has 2 heterocycles. The number of piperazine rings is 1. The molecule has 6 nitrogen and oxygen atoms in total. The summed E-state index contributed by atoms with van der Waals surface area (Å²) in [5.41, 5.74) is -0.0531. The highest BCUT2D eigenvalue weighted by atomic mass is 16.2. The van der Waals surface area contributed by atoms with Crippen molar-refractivity contribution in [2.75, 3.05) is 0 Å². The molecule has 0 aliphatic carbocycles. The molecule has 0 radical (unpaired) electrons. The summed E-state index contributed by atoms with van der Waals surface area (Å²) in [7, 11) is 0. The molecule has 1 fully saturated rings. The molecule has 1 aromatic heterocycles. The molecule has 1 N–H and O–H groups in total. The number of hydrogen-bond donors (Lipinski definition) is 1. The summed E-state index contributed by atoms with van der Waals surface area (Å²) >= 11 is 0. The van der Waals surface area contributed by atoms with Crippen LogP contribution in [0.4, 0.5) is 0 Å². The lowest BCUT2D eigenvalue weighted by atomic mass is 9.96. The van der Waals surface area contributed by atoms with E-state index in [2.05, 4.69) is 24.3 Å². The molecule has 1 saturated heterocycles. The summed E-state index contributed by atoms with van der Waals surface area (Å²) in [6.07, 6.45) is 2.92. The number of carbonyl (C=O) groups is 2. The van der Waals surface area contributed by atoms with Crippen molar-refractivity contribution in [2.45, 2.75) is 65.2 Å². The van der Waals surface area contributed by atoms with Crippen LogP contribution >= 0.6 is 0 Å². The van der Waals surface area contributed by atoms with Crippen molar-refractivity contribution in [1.29, 1.82) is 0 Å². The minimum atomic E-state index is -0.857. The molecular formula is C15H24N4O2. The quantitative estimate of drug-likeness (QED) is 0.914. The van der Waals surface area contributed by atoms with Crippen molar-refractivity contribution in [1.82, 2.24) is 20.0 Å². The minimum absolute atomic E-state index is 0.0716. The Hall–Kier alpha value is -1.85. The summed E-state index contributed by atoms with van der Waals surface area (Å²) < 4.78 is 1.90. The van der Waals surface area contributed by atoms with Crippen LogP contribution in [0.2, 0.25) is 0 Å². The van der Waals surface area contributed by atoms with Gasteiger partial charge in [0.2, 0.25) is 11.8 Å². The van der Waals surface area contributed by atoms with Gasteiger partial charge in [0.25, 0.3) is 0 Å². The zero-order chi connectivity index (χ0) is 15.8. The molecule has 0 spiro atoms. The van der Waals surface area contributed by atoms with Gasteiger partial charge in [-0.2, -0.15) is 5.10 Å². The van der Waals surface area contributed by atoms with E-state index in [9.17, 15) is 9.59 Å². The van der Waals surface area contributed by atoms with Crippen molar-refractivity contribution in [3.63, 3.8) is 0 Å². The lowest BCUT2D eigenvalue weighted by molar-refractivity contribution is -0.155. The molecule has 1 aromatic rings. The highest BCUT2D eigenvalue weighted by Crippen LogP contribution is 2.23. The molecule has 0 bridgehead atoms. The first-order chi connectivity index (χ1) is 9.77. The van der Waals surface area contributed by atoms with Gasteiger partial charge >= 0.3 is 0 Å². The average molecular weight is 292 g/mol. The third-order valence-corrected chi connectivity index (χ3v) is 4.24. The Bertz CT molecular complexity index is 550. The first kappa shape index (κ1) is 15.5. The second-order valence-corrected chi connectivity index (χ2v) is 6.22. The fourth-order valence-corrected chi connectivity index (χ4v) is 2.40. The van der Waals surface area contributed by atoms with Crippen LogP contribution in [-0.4, -0.2) is 38.1 Å². The maximum atomic E-state index is 12.4. The van der Waals surface area contributed by atoms with E-state index in [-0.39, 0.29) is 11.8 Å². The molecule has 6 heteroatoms. The van der Waals surface area contributed by atoms with Gasteiger partial charge in [-0.25, -0.2) is 0 Å². The number of carbonyl (C=O) groups excluding carboxylic acids is 2. The Kier molecular flexibility index (Phi) is 4.07. The van der Waals surface area contributed by atoms with Crippen molar-refractivity contribution >= 4 is 11.8 Å². The van der Waals surface area contributed by atoms with Gasteiger partial charge in [-0.3, -0.25) is 14.3 Å². The summed E-state index contributed by atoms with van der Waals surface area (Å²) in [6.45, 7) is 9.79. The maximum Gasteiger partial charge on any atom is 0.246 e. The topological polar surface area (TPSA) is 67.2 Å². The van der Waals surface area contributed by atoms with Crippen LogP contribution in [0.3, 0.4) is 0 Å². The maximum absolute atomic E-state index is 12.4. The first-order valence-electron chi connectivity index (χ1n) is 7.43. The molecule has 2 atom stereocenters. The Balaban J connectivity index is 2.21. The van der Waals surface area contributed by atoms with Gasteiger partial charge in [-0.15, -0.1) is 0 Å². The van der Waals surface area contributed by atoms with Crippen LogP contribution in [0.15, 0.2) is 12.3 Å². The van der Waals surface area contributed by atoms with E-state index < -0.39 is 11.6 Å². The predicted molar refractivity (Wildman–Crippen MR) is 79.5 cm³/mol. The lowest BCUT2D eigenvalue weighted by Crippen LogP contribution is -2.67. The van der Waals surface area contributed by atoms with Crippen molar-refractivity contribution in [3.05, 3.63) is 18.0 Å². The molecule has 1 aliphatic rings. The normalized spacial score (nSPS) is 23.1. The van der Waals surface area contributed by atoms with E-state index in [0.717, 1.165) is 12.1 Å². The van der Waals surface area contributed by atoms with Gasteiger partial charge in [0.05, 0.1) is 12.2 Å². The second-order valence-electron chi connectivity index (χ2n) is 6.22. The number of hydrogen-bond acceptors (Lipinski definition) is 3. The Morgan fingerprint density at radius 3 is 2.71 bits per heavy atom. The molecule has 0 saturated carbocycles. The smallest absolute Gasteiger partial charge is 0.246 e. The van der Waals surface area contributed by atoms with Crippen LogP contribution in [0.5, 0.6) is 0 Å². The van der Waals surface area contributed by atoms with Gasteiger partial charge in [0, 0.05) is 12.2 Å². The van der Waals surface area contributed by atoms with E-state index in [1.165, 1.54) is 0 Å². The van der Waals surface area contributed by atoms with Crippen molar-refractivity contribution < 1.29 is 9.59 Å². The molecule has 0 aromatic carbocycles. The fourth-order valence-electron chi connectivity index (χ4n) is 2.40. The molecule has 2 amide bonds. The standard InChI is InChI=1S/C15H24N4O2/c1-6-10(2)19-8-7-12(17-19)9-18-13(20)11(3)16-14(21)15(18,4)5/h7-8,10-11H,6,9H2,1-5H3,(H,16,21). The molecule has 21 heavy (non-hydrogen) atoms. The Labute approximate surface area is 125 Å². The van der Waals surface area contributed by atoms with Crippen molar-refractivity contribution in [3.8, 4) is 0 Å². The number of nitrogens with one attached hydrogen (secondary N) is 1. The van der Waals surface area contributed by atoms with E-state index in [0.29, 0.717) is 12.6 Å². The van der Waals surface area contributed by atoms with Crippen molar-refractivity contribution in [2.24, 2.45) is 0 Å². The van der Waals surface area contributed by atoms with Gasteiger partial charge in [-0.05, 0) is 40.2 Å². The molecule has 2 unspecified atom stereocenters.